The first-order chi connectivity index (χ1) is 9.32. The molecular formula is C13H16ClNO4S. The molecule has 1 amide bonds. The molecule has 110 valence electrons. The van der Waals surface area contributed by atoms with Gasteiger partial charge >= 0.3 is 0 Å². The van der Waals surface area contributed by atoms with Gasteiger partial charge in [0.2, 0.25) is 0 Å². The minimum Gasteiger partial charge on any atom is -0.380 e. The molecule has 7 heteroatoms. The van der Waals surface area contributed by atoms with E-state index in [0.717, 1.165) is 12.0 Å². The molecule has 20 heavy (non-hydrogen) atoms. The summed E-state index contributed by atoms with van der Waals surface area (Å²) in [5.74, 6) is -0.191. The number of amides is 1. The van der Waals surface area contributed by atoms with Gasteiger partial charge in [0.05, 0.1) is 11.0 Å². The van der Waals surface area contributed by atoms with Crippen LogP contribution in [0.15, 0.2) is 23.1 Å². The number of ether oxygens (including phenoxy) is 1. The van der Waals surface area contributed by atoms with Crippen LogP contribution in [-0.4, -0.2) is 45.5 Å². The van der Waals surface area contributed by atoms with Gasteiger partial charge in [0.25, 0.3) is 15.0 Å². The third-order valence-corrected chi connectivity index (χ3v) is 4.84. The molecule has 0 radical (unpaired) electrons. The second kappa shape index (κ2) is 5.71. The fraction of sp³-hybridized carbons (Fsp3) is 0.462. The van der Waals surface area contributed by atoms with E-state index in [9.17, 15) is 13.2 Å². The average Bonchev–Trinajstić information content (AvgIpc) is 2.86. The van der Waals surface area contributed by atoms with E-state index in [1.165, 1.54) is 12.1 Å². The molecule has 0 N–H and O–H groups in total. The second-order valence-corrected chi connectivity index (χ2v) is 7.38. The number of methoxy groups -OCH3 is 1. The van der Waals surface area contributed by atoms with Crippen LogP contribution in [-0.2, 0) is 13.8 Å². The zero-order valence-corrected chi connectivity index (χ0v) is 12.9. The van der Waals surface area contributed by atoms with E-state index in [0.29, 0.717) is 18.7 Å². The fourth-order valence-corrected chi connectivity index (χ4v) is 3.04. The van der Waals surface area contributed by atoms with Gasteiger partial charge in [0.15, 0.2) is 0 Å². The van der Waals surface area contributed by atoms with Crippen molar-refractivity contribution in [2.45, 2.75) is 24.3 Å². The van der Waals surface area contributed by atoms with Crippen molar-refractivity contribution in [1.82, 2.24) is 4.90 Å². The number of carbonyl (C=O) groups is 1. The topological polar surface area (TPSA) is 63.7 Å². The highest BCUT2D eigenvalue weighted by Crippen LogP contribution is 2.22. The van der Waals surface area contributed by atoms with Crippen molar-refractivity contribution in [2.24, 2.45) is 0 Å². The fourth-order valence-electron chi connectivity index (χ4n) is 2.26. The van der Waals surface area contributed by atoms with Crippen molar-refractivity contribution >= 4 is 25.6 Å². The first-order valence-corrected chi connectivity index (χ1v) is 8.51. The Balaban J connectivity index is 2.30. The smallest absolute Gasteiger partial charge is 0.261 e. The Morgan fingerprint density at radius 1 is 1.45 bits per heavy atom. The van der Waals surface area contributed by atoms with Crippen molar-refractivity contribution in [3.05, 3.63) is 29.3 Å². The second-order valence-electron chi connectivity index (χ2n) is 4.81. The normalized spacial score (nSPS) is 19.4. The summed E-state index contributed by atoms with van der Waals surface area (Å²) in [5, 5.41) is 0. The van der Waals surface area contributed by atoms with Crippen LogP contribution in [0.5, 0.6) is 0 Å². The zero-order chi connectivity index (χ0) is 14.9. The Labute approximate surface area is 122 Å². The molecular weight excluding hydrogens is 302 g/mol. The molecule has 1 unspecified atom stereocenters. The highest BCUT2D eigenvalue weighted by atomic mass is 35.7. The standard InChI is InChI=1S/C13H16ClNO4S/c1-9-3-4-11(20(14,17)18)7-12(9)13(16)15-6-5-10(8-15)19-2/h3-4,7,10H,5-6,8H2,1-2H3. The number of nitrogens with zero attached hydrogens (tertiary/aromatic N) is 1. The van der Waals surface area contributed by atoms with Gasteiger partial charge in [-0.25, -0.2) is 8.42 Å². The van der Waals surface area contributed by atoms with Gasteiger partial charge < -0.3 is 9.64 Å². The third kappa shape index (κ3) is 3.13. The Bertz CT molecular complexity index is 629. The van der Waals surface area contributed by atoms with Gasteiger partial charge in [0, 0.05) is 36.4 Å². The van der Waals surface area contributed by atoms with Crippen LogP contribution in [0.2, 0.25) is 0 Å². The lowest BCUT2D eigenvalue weighted by Crippen LogP contribution is -2.30. The van der Waals surface area contributed by atoms with Crippen LogP contribution in [0.25, 0.3) is 0 Å². The van der Waals surface area contributed by atoms with E-state index in [-0.39, 0.29) is 16.9 Å². The average molecular weight is 318 g/mol. The first-order valence-electron chi connectivity index (χ1n) is 6.20. The number of benzene rings is 1. The van der Waals surface area contributed by atoms with Crippen LogP contribution in [0, 0.1) is 6.92 Å². The zero-order valence-electron chi connectivity index (χ0n) is 11.3. The third-order valence-electron chi connectivity index (χ3n) is 3.49. The Hall–Kier alpha value is -1.11. The number of aryl methyl sites for hydroxylation is 1. The molecule has 0 aliphatic carbocycles. The summed E-state index contributed by atoms with van der Waals surface area (Å²) in [4.78, 5) is 14.0. The molecule has 5 nitrogen and oxygen atoms in total. The lowest BCUT2D eigenvalue weighted by molar-refractivity contribution is 0.0723. The number of rotatable bonds is 3. The maximum Gasteiger partial charge on any atom is 0.261 e. The van der Waals surface area contributed by atoms with Gasteiger partial charge in [-0.2, -0.15) is 0 Å². The van der Waals surface area contributed by atoms with Gasteiger partial charge in [-0.15, -0.1) is 0 Å². The molecule has 1 aliphatic heterocycles. The van der Waals surface area contributed by atoms with Crippen molar-refractivity contribution in [3.63, 3.8) is 0 Å². The van der Waals surface area contributed by atoms with Crippen molar-refractivity contribution in [1.29, 1.82) is 0 Å². The number of hydrogen-bond donors (Lipinski definition) is 0. The monoisotopic (exact) mass is 317 g/mol. The largest absolute Gasteiger partial charge is 0.380 e. The number of halogens is 1. The molecule has 2 rings (SSSR count). The van der Waals surface area contributed by atoms with E-state index in [2.05, 4.69) is 0 Å². The van der Waals surface area contributed by atoms with E-state index in [1.807, 2.05) is 0 Å². The highest BCUT2D eigenvalue weighted by molar-refractivity contribution is 8.13. The summed E-state index contributed by atoms with van der Waals surface area (Å²) in [6.07, 6.45) is 0.827. The van der Waals surface area contributed by atoms with Crippen LogP contribution < -0.4 is 0 Å². The van der Waals surface area contributed by atoms with E-state index >= 15 is 0 Å². The van der Waals surface area contributed by atoms with Crippen LogP contribution in [0.1, 0.15) is 22.3 Å². The first kappa shape index (κ1) is 15.3. The molecule has 1 aromatic rings. The Morgan fingerprint density at radius 2 is 2.15 bits per heavy atom. The molecule has 1 heterocycles. The van der Waals surface area contributed by atoms with Gasteiger partial charge in [-0.05, 0) is 31.0 Å². The van der Waals surface area contributed by atoms with Gasteiger partial charge in [-0.3, -0.25) is 4.79 Å². The maximum absolute atomic E-state index is 12.4. The summed E-state index contributed by atoms with van der Waals surface area (Å²) in [6, 6.07) is 4.32. The highest BCUT2D eigenvalue weighted by Gasteiger charge is 2.28. The molecule has 1 saturated heterocycles. The Kier molecular flexibility index (Phi) is 4.36. The molecule has 0 bridgehead atoms. The van der Waals surface area contributed by atoms with Crippen molar-refractivity contribution in [2.75, 3.05) is 20.2 Å². The minimum atomic E-state index is -3.84. The molecule has 1 atom stereocenters. The molecule has 0 saturated carbocycles. The Morgan fingerprint density at radius 3 is 2.70 bits per heavy atom. The number of likely N-dealkylation sites (tertiary alicyclic amines) is 1. The molecule has 0 spiro atoms. The van der Waals surface area contributed by atoms with Gasteiger partial charge in [-0.1, -0.05) is 6.07 Å². The lowest BCUT2D eigenvalue weighted by atomic mass is 10.1. The van der Waals surface area contributed by atoms with Gasteiger partial charge in [0.1, 0.15) is 0 Å². The van der Waals surface area contributed by atoms with E-state index < -0.39 is 9.05 Å². The van der Waals surface area contributed by atoms with Crippen molar-refractivity contribution in [3.8, 4) is 0 Å². The molecule has 1 fully saturated rings. The van der Waals surface area contributed by atoms with Crippen molar-refractivity contribution < 1.29 is 17.9 Å². The number of hydrogen-bond acceptors (Lipinski definition) is 4. The summed E-state index contributed by atoms with van der Waals surface area (Å²) >= 11 is 0. The number of carbonyl (C=O) groups excluding carboxylic acids is 1. The van der Waals surface area contributed by atoms with E-state index in [1.54, 1.807) is 25.0 Å². The van der Waals surface area contributed by atoms with Crippen LogP contribution in [0.4, 0.5) is 0 Å². The molecule has 1 aliphatic rings. The summed E-state index contributed by atoms with van der Waals surface area (Å²) < 4.78 is 27.9. The SMILES string of the molecule is COC1CCN(C(=O)c2cc(S(=O)(=O)Cl)ccc2C)C1. The van der Waals surface area contributed by atoms with Crippen LogP contribution >= 0.6 is 10.7 Å². The minimum absolute atomic E-state index is 0.0409. The predicted molar refractivity (Wildman–Crippen MR) is 75.5 cm³/mol. The molecule has 0 aromatic heterocycles. The summed E-state index contributed by atoms with van der Waals surface area (Å²) in [5.41, 5.74) is 1.09. The molecule has 1 aromatic carbocycles. The van der Waals surface area contributed by atoms with E-state index in [4.69, 9.17) is 15.4 Å². The summed E-state index contributed by atoms with van der Waals surface area (Å²) in [6.45, 7) is 2.89. The quantitative estimate of drug-likeness (QED) is 0.797. The maximum atomic E-state index is 12.4. The lowest BCUT2D eigenvalue weighted by Gasteiger charge is -2.17. The van der Waals surface area contributed by atoms with Crippen LogP contribution in [0.3, 0.4) is 0 Å². The predicted octanol–water partition coefficient (Wildman–Crippen LogP) is 1.78. The summed E-state index contributed by atoms with van der Waals surface area (Å²) in [7, 11) is 3.10.